The second-order valence-electron chi connectivity index (χ2n) is 4.50. The number of nitrogens with zero attached hydrogens (tertiary/aromatic N) is 1. The maximum absolute atomic E-state index is 3.61. The number of thiophene rings is 1. The molecule has 1 aliphatic heterocycles. The number of nitrogens with one attached hydrogen (secondary N) is 1. The summed E-state index contributed by atoms with van der Waals surface area (Å²) in [4.78, 5) is 4.03. The molecule has 1 atom stereocenters. The Hall–Kier alpha value is -0.0300. The zero-order chi connectivity index (χ0) is 11.9. The van der Waals surface area contributed by atoms with Crippen LogP contribution in [0.5, 0.6) is 0 Å². The van der Waals surface area contributed by atoms with Gasteiger partial charge in [-0.25, -0.2) is 0 Å². The largest absolute Gasteiger partial charge is 0.308 e. The molecule has 0 saturated carbocycles. The van der Waals surface area contributed by atoms with Gasteiger partial charge in [0.25, 0.3) is 0 Å². The van der Waals surface area contributed by atoms with Crippen molar-refractivity contribution in [2.45, 2.75) is 19.4 Å². The zero-order valence-electron chi connectivity index (χ0n) is 10.5. The normalized spacial score (nSPS) is 20.1. The molecule has 1 aromatic heterocycles. The Morgan fingerprint density at radius 3 is 3.18 bits per heavy atom. The highest BCUT2D eigenvalue weighted by Crippen LogP contribution is 2.17. The van der Waals surface area contributed by atoms with Gasteiger partial charge in [0.2, 0.25) is 0 Å². The molecule has 0 radical (unpaired) electrons. The van der Waals surface area contributed by atoms with Crippen molar-refractivity contribution in [2.24, 2.45) is 0 Å². The van der Waals surface area contributed by atoms with Gasteiger partial charge in [-0.3, -0.25) is 0 Å². The van der Waals surface area contributed by atoms with Gasteiger partial charge in [0.05, 0.1) is 0 Å². The molecule has 2 heterocycles. The molecule has 2 nitrogen and oxygen atoms in total. The van der Waals surface area contributed by atoms with Crippen LogP contribution in [-0.4, -0.2) is 42.6 Å². The molecule has 0 amide bonds. The third-order valence-electron chi connectivity index (χ3n) is 3.16. The molecule has 0 bridgehead atoms. The third-order valence-corrected chi connectivity index (χ3v) is 5.27. The van der Waals surface area contributed by atoms with Crippen molar-refractivity contribution < 1.29 is 0 Å². The van der Waals surface area contributed by atoms with Crippen LogP contribution in [-0.2, 0) is 0 Å². The van der Waals surface area contributed by atoms with Crippen molar-refractivity contribution in [2.75, 3.05) is 37.7 Å². The van der Waals surface area contributed by atoms with E-state index in [-0.39, 0.29) is 0 Å². The van der Waals surface area contributed by atoms with Crippen molar-refractivity contribution in [3.05, 3.63) is 22.4 Å². The molecule has 0 aliphatic carbocycles. The molecule has 4 heteroatoms. The van der Waals surface area contributed by atoms with Crippen molar-refractivity contribution in [3.8, 4) is 0 Å². The summed E-state index contributed by atoms with van der Waals surface area (Å²) < 4.78 is 0. The number of thioether (sulfide) groups is 1. The summed E-state index contributed by atoms with van der Waals surface area (Å²) in [6.07, 6.45) is 1.35. The summed E-state index contributed by atoms with van der Waals surface area (Å²) in [6.45, 7) is 7.09. The Labute approximate surface area is 113 Å². The van der Waals surface area contributed by atoms with Crippen LogP contribution in [0.3, 0.4) is 0 Å². The highest BCUT2D eigenvalue weighted by molar-refractivity contribution is 7.99. The second-order valence-corrected chi connectivity index (χ2v) is 6.70. The number of hydrogen-bond acceptors (Lipinski definition) is 4. The number of rotatable bonds is 5. The van der Waals surface area contributed by atoms with E-state index in [1.807, 2.05) is 11.3 Å². The number of hydrogen-bond donors (Lipinski definition) is 1. The van der Waals surface area contributed by atoms with Crippen LogP contribution in [0.15, 0.2) is 17.5 Å². The molecule has 17 heavy (non-hydrogen) atoms. The fourth-order valence-electron chi connectivity index (χ4n) is 2.10. The van der Waals surface area contributed by atoms with Gasteiger partial charge < -0.3 is 10.2 Å². The van der Waals surface area contributed by atoms with Crippen LogP contribution >= 0.6 is 23.1 Å². The predicted octanol–water partition coefficient (Wildman–Crippen LogP) is 2.84. The summed E-state index contributed by atoms with van der Waals surface area (Å²) in [5.74, 6) is 2.65. The lowest BCUT2D eigenvalue weighted by molar-refractivity contribution is 0.290. The highest BCUT2D eigenvalue weighted by atomic mass is 32.2. The van der Waals surface area contributed by atoms with E-state index >= 15 is 0 Å². The standard InChI is InChI=1S/C13H22N2S2/c1-12(13-4-2-10-17-13)14-5-7-15-6-3-9-16-11-8-15/h2,4,10,12,14H,3,5-9,11H2,1H3. The summed E-state index contributed by atoms with van der Waals surface area (Å²) in [6, 6.07) is 4.84. The van der Waals surface area contributed by atoms with E-state index in [1.54, 1.807) is 0 Å². The van der Waals surface area contributed by atoms with E-state index in [2.05, 4.69) is 46.4 Å². The molecule has 2 rings (SSSR count). The second kappa shape index (κ2) is 7.41. The van der Waals surface area contributed by atoms with Crippen molar-refractivity contribution in [1.29, 1.82) is 0 Å². The van der Waals surface area contributed by atoms with Gasteiger partial charge in [-0.05, 0) is 37.1 Å². The lowest BCUT2D eigenvalue weighted by Gasteiger charge is -2.21. The van der Waals surface area contributed by atoms with Crippen LogP contribution in [0.2, 0.25) is 0 Å². The van der Waals surface area contributed by atoms with E-state index in [4.69, 9.17) is 0 Å². The first-order valence-electron chi connectivity index (χ1n) is 6.43. The molecule has 0 spiro atoms. The molecule has 0 aromatic carbocycles. The van der Waals surface area contributed by atoms with Gasteiger partial charge in [-0.15, -0.1) is 11.3 Å². The molecule has 1 aromatic rings. The molecule has 1 aliphatic rings. The molecule has 1 saturated heterocycles. The Morgan fingerprint density at radius 2 is 2.35 bits per heavy atom. The van der Waals surface area contributed by atoms with Gasteiger partial charge in [-0.1, -0.05) is 6.07 Å². The minimum Gasteiger partial charge on any atom is -0.308 e. The van der Waals surface area contributed by atoms with Crippen LogP contribution in [0.1, 0.15) is 24.3 Å². The van der Waals surface area contributed by atoms with Gasteiger partial charge in [0, 0.05) is 36.3 Å². The quantitative estimate of drug-likeness (QED) is 0.886. The summed E-state index contributed by atoms with van der Waals surface area (Å²) >= 11 is 3.94. The highest BCUT2D eigenvalue weighted by Gasteiger charge is 2.10. The minimum atomic E-state index is 0.497. The van der Waals surface area contributed by atoms with Crippen LogP contribution in [0.25, 0.3) is 0 Å². The van der Waals surface area contributed by atoms with E-state index in [0.29, 0.717) is 6.04 Å². The van der Waals surface area contributed by atoms with Crippen molar-refractivity contribution in [3.63, 3.8) is 0 Å². The molecular formula is C13H22N2S2. The fraction of sp³-hybridized carbons (Fsp3) is 0.692. The van der Waals surface area contributed by atoms with E-state index in [9.17, 15) is 0 Å². The average Bonchev–Trinajstić information content (AvgIpc) is 2.75. The Balaban J connectivity index is 1.65. The molecule has 1 fully saturated rings. The topological polar surface area (TPSA) is 15.3 Å². The lowest BCUT2D eigenvalue weighted by Crippen LogP contribution is -2.34. The van der Waals surface area contributed by atoms with Gasteiger partial charge in [-0.2, -0.15) is 11.8 Å². The van der Waals surface area contributed by atoms with Crippen LogP contribution in [0, 0.1) is 0 Å². The maximum atomic E-state index is 3.61. The maximum Gasteiger partial charge on any atom is 0.0386 e. The third kappa shape index (κ3) is 4.62. The first-order valence-corrected chi connectivity index (χ1v) is 8.46. The van der Waals surface area contributed by atoms with Gasteiger partial charge in [0.15, 0.2) is 0 Å². The van der Waals surface area contributed by atoms with Crippen LogP contribution < -0.4 is 5.32 Å². The van der Waals surface area contributed by atoms with E-state index in [0.717, 1.165) is 6.54 Å². The molecular weight excluding hydrogens is 248 g/mol. The summed E-state index contributed by atoms with van der Waals surface area (Å²) in [5, 5.41) is 5.77. The van der Waals surface area contributed by atoms with Gasteiger partial charge in [0.1, 0.15) is 0 Å². The molecule has 1 unspecified atom stereocenters. The average molecular weight is 270 g/mol. The predicted molar refractivity (Wildman–Crippen MR) is 79.1 cm³/mol. The smallest absolute Gasteiger partial charge is 0.0386 e. The molecule has 96 valence electrons. The lowest BCUT2D eigenvalue weighted by atomic mass is 10.3. The van der Waals surface area contributed by atoms with Crippen molar-refractivity contribution >= 4 is 23.1 Å². The Morgan fingerprint density at radius 1 is 1.41 bits per heavy atom. The first kappa shape index (κ1) is 13.4. The molecule has 1 N–H and O–H groups in total. The van der Waals surface area contributed by atoms with Crippen molar-refractivity contribution in [1.82, 2.24) is 10.2 Å². The Bertz CT molecular complexity index is 292. The summed E-state index contributed by atoms with van der Waals surface area (Å²) in [7, 11) is 0. The van der Waals surface area contributed by atoms with Gasteiger partial charge >= 0.3 is 0 Å². The zero-order valence-corrected chi connectivity index (χ0v) is 12.2. The van der Waals surface area contributed by atoms with E-state index in [1.165, 1.54) is 42.4 Å². The summed E-state index contributed by atoms with van der Waals surface area (Å²) in [5.41, 5.74) is 0. The fourth-order valence-corrected chi connectivity index (χ4v) is 3.78. The Kier molecular flexibility index (Phi) is 5.85. The van der Waals surface area contributed by atoms with Crippen LogP contribution in [0.4, 0.5) is 0 Å². The first-order chi connectivity index (χ1) is 8.36. The minimum absolute atomic E-state index is 0.497. The SMILES string of the molecule is CC(NCCN1CCCSCC1)c1cccs1. The monoisotopic (exact) mass is 270 g/mol. The van der Waals surface area contributed by atoms with E-state index < -0.39 is 0 Å².